The molecule has 1 nitrogen and oxygen atoms in total. The van der Waals surface area contributed by atoms with E-state index in [-0.39, 0.29) is 10.8 Å². The third kappa shape index (κ3) is 3.11. The van der Waals surface area contributed by atoms with Gasteiger partial charge in [0.15, 0.2) is 0 Å². The van der Waals surface area contributed by atoms with E-state index in [0.717, 1.165) is 22.5 Å². The minimum absolute atomic E-state index is 0.00571. The maximum atomic E-state index is 4.86. The third-order valence-corrected chi connectivity index (χ3v) is 8.21. The van der Waals surface area contributed by atoms with Crippen LogP contribution in [0.1, 0.15) is 68.0 Å². The van der Waals surface area contributed by atoms with Crippen LogP contribution in [0.2, 0.25) is 0 Å². The quantitative estimate of drug-likeness (QED) is 0.275. The molecule has 0 aromatic heterocycles. The Labute approximate surface area is 208 Å². The zero-order valence-corrected chi connectivity index (χ0v) is 21.2. The summed E-state index contributed by atoms with van der Waals surface area (Å²) in [4.78, 5) is 4.86. The highest BCUT2D eigenvalue weighted by Crippen LogP contribution is 2.56. The van der Waals surface area contributed by atoms with Crippen molar-refractivity contribution in [2.45, 2.75) is 45.4 Å². The van der Waals surface area contributed by atoms with Gasteiger partial charge in [-0.3, -0.25) is 4.99 Å². The van der Waals surface area contributed by atoms with E-state index in [9.17, 15) is 0 Å². The molecule has 0 fully saturated rings. The lowest BCUT2D eigenvalue weighted by molar-refractivity contribution is 0.652. The lowest BCUT2D eigenvalue weighted by atomic mass is 9.79. The zero-order valence-electron chi connectivity index (χ0n) is 21.2. The molecule has 0 amide bonds. The first-order valence-corrected chi connectivity index (χ1v) is 12.4. The summed E-state index contributed by atoms with van der Waals surface area (Å²) in [5, 5.41) is 0. The molecule has 0 spiro atoms. The second kappa shape index (κ2) is 7.39. The molecule has 2 aliphatic rings. The van der Waals surface area contributed by atoms with Crippen molar-refractivity contribution in [3.8, 4) is 22.3 Å². The predicted molar refractivity (Wildman–Crippen MR) is 149 cm³/mol. The number of rotatable bonds is 3. The van der Waals surface area contributed by atoms with E-state index in [4.69, 9.17) is 4.99 Å². The van der Waals surface area contributed by atoms with Crippen LogP contribution < -0.4 is 0 Å². The molecule has 4 aromatic carbocycles. The Morgan fingerprint density at radius 1 is 0.571 bits per heavy atom. The van der Waals surface area contributed by atoms with E-state index in [1.165, 1.54) is 44.5 Å². The average Bonchev–Trinajstić information content (AvgIpc) is 3.23. The molecular weight excluding hydrogens is 422 g/mol. The van der Waals surface area contributed by atoms with Crippen LogP contribution in [0.4, 0.5) is 0 Å². The number of hydrogen-bond donors (Lipinski definition) is 0. The van der Waals surface area contributed by atoms with E-state index < -0.39 is 0 Å². The summed E-state index contributed by atoms with van der Waals surface area (Å²) in [6, 6.07) is 30.9. The summed E-state index contributed by atoms with van der Waals surface area (Å²) in [7, 11) is 0. The van der Waals surface area contributed by atoms with Gasteiger partial charge >= 0.3 is 0 Å². The highest BCUT2D eigenvalue weighted by atomic mass is 14.8. The van der Waals surface area contributed by atoms with Gasteiger partial charge in [0.2, 0.25) is 0 Å². The molecule has 4 aromatic rings. The first-order chi connectivity index (χ1) is 16.7. The van der Waals surface area contributed by atoms with Crippen molar-refractivity contribution < 1.29 is 0 Å². The molecule has 172 valence electrons. The molecule has 0 N–H and O–H groups in total. The Hall–Kier alpha value is -3.71. The van der Waals surface area contributed by atoms with Crippen LogP contribution in [0.3, 0.4) is 0 Å². The fraction of sp³-hybridized carbons (Fsp3) is 0.206. The van der Waals surface area contributed by atoms with Crippen LogP contribution >= 0.6 is 0 Å². The highest BCUT2D eigenvalue weighted by Gasteiger charge is 2.41. The van der Waals surface area contributed by atoms with Crippen molar-refractivity contribution >= 4 is 11.4 Å². The van der Waals surface area contributed by atoms with Gasteiger partial charge in [0, 0.05) is 16.5 Å². The standard InChI is InChI=1S/C34H31N/c1-21(23-12-8-7-9-13-23)35-22(2)24-16-17-26-28-20-31-27(19-32(28)34(5,6)30(26)18-24)25-14-10-11-15-29(25)33(31,3)4/h7-20H,2H2,1,3-6H3. The van der Waals surface area contributed by atoms with E-state index in [0.29, 0.717) is 0 Å². The zero-order chi connectivity index (χ0) is 24.5. The molecule has 0 aliphatic heterocycles. The molecule has 0 saturated carbocycles. The van der Waals surface area contributed by atoms with Crippen molar-refractivity contribution in [2.24, 2.45) is 4.99 Å². The van der Waals surface area contributed by atoms with Crippen LogP contribution in [0.25, 0.3) is 28.0 Å². The Kier molecular flexibility index (Phi) is 4.60. The number of aliphatic imine (C=N–C) groups is 1. The largest absolute Gasteiger partial charge is 0.253 e. The lowest BCUT2D eigenvalue weighted by Gasteiger charge is -2.24. The first kappa shape index (κ1) is 21.8. The lowest BCUT2D eigenvalue weighted by Crippen LogP contribution is -2.17. The normalized spacial score (nSPS) is 16.3. The second-order valence-corrected chi connectivity index (χ2v) is 11.0. The van der Waals surface area contributed by atoms with E-state index in [1.807, 2.05) is 18.2 Å². The van der Waals surface area contributed by atoms with Gasteiger partial charge in [-0.1, -0.05) is 101 Å². The SMILES string of the molecule is C=C(N=C(C)c1ccccc1)c1ccc2c(c1)C(C)(C)c1cc3c(cc1-2)C(C)(C)c1ccccc1-3. The van der Waals surface area contributed by atoms with Crippen LogP contribution in [-0.2, 0) is 10.8 Å². The van der Waals surface area contributed by atoms with Crippen LogP contribution in [-0.4, -0.2) is 5.71 Å². The Morgan fingerprint density at radius 3 is 1.80 bits per heavy atom. The summed E-state index contributed by atoms with van der Waals surface area (Å²) in [5.74, 6) is 0. The molecule has 0 radical (unpaired) electrons. The molecule has 0 atom stereocenters. The Morgan fingerprint density at radius 2 is 1.11 bits per heavy atom. The maximum Gasteiger partial charge on any atom is 0.0633 e. The summed E-state index contributed by atoms with van der Waals surface area (Å²) < 4.78 is 0. The fourth-order valence-electron chi connectivity index (χ4n) is 6.12. The van der Waals surface area contributed by atoms with E-state index in [2.05, 4.69) is 108 Å². The highest BCUT2D eigenvalue weighted by molar-refractivity contribution is 6.01. The number of benzene rings is 4. The molecule has 0 unspecified atom stereocenters. The second-order valence-electron chi connectivity index (χ2n) is 11.0. The molecule has 2 aliphatic carbocycles. The summed E-state index contributed by atoms with van der Waals surface area (Å²) in [6.45, 7) is 15.8. The summed E-state index contributed by atoms with van der Waals surface area (Å²) in [5.41, 5.74) is 15.0. The van der Waals surface area contributed by atoms with Gasteiger partial charge in [0.25, 0.3) is 0 Å². The monoisotopic (exact) mass is 453 g/mol. The van der Waals surface area contributed by atoms with Crippen LogP contribution in [0.5, 0.6) is 0 Å². The van der Waals surface area contributed by atoms with Gasteiger partial charge in [-0.25, -0.2) is 0 Å². The van der Waals surface area contributed by atoms with E-state index in [1.54, 1.807) is 0 Å². The minimum Gasteiger partial charge on any atom is -0.253 e. The number of nitrogens with zero attached hydrogens (tertiary/aromatic N) is 1. The fourth-order valence-corrected chi connectivity index (χ4v) is 6.12. The van der Waals surface area contributed by atoms with E-state index >= 15 is 0 Å². The predicted octanol–water partition coefficient (Wildman–Crippen LogP) is 8.78. The van der Waals surface area contributed by atoms with Crippen molar-refractivity contribution in [1.82, 2.24) is 0 Å². The Bertz CT molecular complexity index is 1550. The molecule has 35 heavy (non-hydrogen) atoms. The number of fused-ring (bicyclic) bond motifs is 6. The van der Waals surface area contributed by atoms with Crippen molar-refractivity contribution in [2.75, 3.05) is 0 Å². The van der Waals surface area contributed by atoms with Gasteiger partial charge in [0.05, 0.1) is 5.70 Å². The van der Waals surface area contributed by atoms with Gasteiger partial charge in [-0.2, -0.15) is 0 Å². The molecule has 6 rings (SSSR count). The minimum atomic E-state index is -0.0874. The average molecular weight is 454 g/mol. The van der Waals surface area contributed by atoms with Gasteiger partial charge < -0.3 is 0 Å². The smallest absolute Gasteiger partial charge is 0.0633 e. The summed E-state index contributed by atoms with van der Waals surface area (Å²) >= 11 is 0. The third-order valence-electron chi connectivity index (χ3n) is 8.21. The maximum absolute atomic E-state index is 4.86. The summed E-state index contributed by atoms with van der Waals surface area (Å²) in [6.07, 6.45) is 0. The molecule has 0 heterocycles. The van der Waals surface area contributed by atoms with Crippen molar-refractivity contribution in [1.29, 1.82) is 0 Å². The van der Waals surface area contributed by atoms with Crippen molar-refractivity contribution in [3.05, 3.63) is 125 Å². The van der Waals surface area contributed by atoms with Crippen LogP contribution in [0.15, 0.2) is 96.5 Å². The van der Waals surface area contributed by atoms with Gasteiger partial charge in [-0.15, -0.1) is 0 Å². The van der Waals surface area contributed by atoms with Gasteiger partial charge in [0.1, 0.15) is 0 Å². The van der Waals surface area contributed by atoms with Gasteiger partial charge in [-0.05, 0) is 80.8 Å². The topological polar surface area (TPSA) is 12.4 Å². The molecule has 0 bridgehead atoms. The molecule has 0 saturated heterocycles. The van der Waals surface area contributed by atoms with Crippen LogP contribution in [0, 0.1) is 0 Å². The first-order valence-electron chi connectivity index (χ1n) is 12.4. The Balaban J connectivity index is 1.44. The molecule has 1 heteroatoms. The van der Waals surface area contributed by atoms with Crippen molar-refractivity contribution in [3.63, 3.8) is 0 Å². The number of hydrogen-bond acceptors (Lipinski definition) is 1. The molecular formula is C34H31N.